The Labute approximate surface area is 97.6 Å². The predicted octanol–water partition coefficient (Wildman–Crippen LogP) is 2.87. The fourth-order valence-electron chi connectivity index (χ4n) is 1.53. The van der Waals surface area contributed by atoms with Crippen LogP contribution in [0.2, 0.25) is 0 Å². The number of ether oxygens (including phenoxy) is 1. The largest absolute Gasteiger partial charge is 0.387 e. The van der Waals surface area contributed by atoms with Crippen LogP contribution in [0, 0.1) is 11.3 Å². The molecule has 0 radical (unpaired) electrons. The Morgan fingerprint density at radius 1 is 1.12 bits per heavy atom. The number of esters is 2. The van der Waals surface area contributed by atoms with Crippen molar-refractivity contribution in [3.63, 3.8) is 0 Å². The second kappa shape index (κ2) is 7.17. The molecule has 1 heterocycles. The van der Waals surface area contributed by atoms with Gasteiger partial charge in [0.15, 0.2) is 0 Å². The molecule has 0 aromatic heterocycles. The van der Waals surface area contributed by atoms with Crippen LogP contribution in [-0.4, -0.2) is 11.9 Å². The van der Waals surface area contributed by atoms with Crippen LogP contribution in [0.3, 0.4) is 0 Å². The fraction of sp³-hybridized carbons (Fsp3) is 0.667. The highest BCUT2D eigenvalue weighted by atomic mass is 16.6. The highest BCUT2D eigenvalue weighted by Gasteiger charge is 2.11. The standard InChI is InChI=1S/C8H18.C4H2O3.H3N/c1-7(2)6-8(3,4)5;5-3-1-2-4(6)7-3;/h7H,6H2,1-5H3;1-2H;1H3. The summed E-state index contributed by atoms with van der Waals surface area (Å²) in [6.45, 7) is 11.4. The highest BCUT2D eigenvalue weighted by Crippen LogP contribution is 2.23. The molecule has 0 fully saturated rings. The molecule has 0 aliphatic carbocycles. The van der Waals surface area contributed by atoms with E-state index in [1.165, 1.54) is 6.42 Å². The maximum absolute atomic E-state index is 9.92. The van der Waals surface area contributed by atoms with Crippen LogP contribution in [0.5, 0.6) is 0 Å². The summed E-state index contributed by atoms with van der Waals surface area (Å²) in [5.74, 6) is -0.315. The molecule has 0 saturated carbocycles. The van der Waals surface area contributed by atoms with Crippen molar-refractivity contribution >= 4 is 11.9 Å². The van der Waals surface area contributed by atoms with Gasteiger partial charge in [-0.1, -0.05) is 34.6 Å². The predicted molar refractivity (Wildman–Crippen MR) is 64.2 cm³/mol. The van der Waals surface area contributed by atoms with Crippen LogP contribution in [0.4, 0.5) is 0 Å². The maximum atomic E-state index is 9.92. The second-order valence-electron chi connectivity index (χ2n) is 5.23. The molecule has 0 aromatic rings. The Balaban J connectivity index is 0. The van der Waals surface area contributed by atoms with E-state index in [9.17, 15) is 9.59 Å². The van der Waals surface area contributed by atoms with Gasteiger partial charge in [-0.25, -0.2) is 9.59 Å². The number of carbonyl (C=O) groups excluding carboxylic acids is 2. The normalized spacial score (nSPS) is 14.1. The van der Waals surface area contributed by atoms with Crippen molar-refractivity contribution in [1.29, 1.82) is 0 Å². The summed E-state index contributed by atoms with van der Waals surface area (Å²) in [5.41, 5.74) is 0.522. The Kier molecular flexibility index (Phi) is 7.73. The lowest BCUT2D eigenvalue weighted by molar-refractivity contribution is -0.150. The summed E-state index contributed by atoms with van der Waals surface area (Å²) in [5, 5.41) is 0. The summed E-state index contributed by atoms with van der Waals surface area (Å²) < 4.78 is 3.97. The Morgan fingerprint density at radius 3 is 1.56 bits per heavy atom. The second-order valence-corrected chi connectivity index (χ2v) is 5.23. The number of rotatable bonds is 1. The third kappa shape index (κ3) is 10.9. The van der Waals surface area contributed by atoms with E-state index in [-0.39, 0.29) is 6.15 Å². The van der Waals surface area contributed by atoms with Gasteiger partial charge >= 0.3 is 11.9 Å². The minimum Gasteiger partial charge on any atom is -0.387 e. The van der Waals surface area contributed by atoms with Crippen LogP contribution in [-0.2, 0) is 14.3 Å². The van der Waals surface area contributed by atoms with Crippen LogP contribution in [0.15, 0.2) is 12.2 Å². The van der Waals surface area contributed by atoms with Gasteiger partial charge in [-0.3, -0.25) is 0 Å². The van der Waals surface area contributed by atoms with E-state index >= 15 is 0 Å². The van der Waals surface area contributed by atoms with E-state index < -0.39 is 11.9 Å². The maximum Gasteiger partial charge on any atom is 0.338 e. The monoisotopic (exact) mass is 229 g/mol. The lowest BCUT2D eigenvalue weighted by Gasteiger charge is -2.19. The highest BCUT2D eigenvalue weighted by molar-refractivity contribution is 6.04. The lowest BCUT2D eigenvalue weighted by atomic mass is 9.86. The average molecular weight is 229 g/mol. The van der Waals surface area contributed by atoms with Gasteiger partial charge in [-0.2, -0.15) is 0 Å². The summed E-state index contributed by atoms with van der Waals surface area (Å²) >= 11 is 0. The van der Waals surface area contributed by atoms with Crippen molar-refractivity contribution in [3.05, 3.63) is 12.2 Å². The molecule has 0 unspecified atom stereocenters. The summed E-state index contributed by atoms with van der Waals surface area (Å²) in [6.07, 6.45) is 3.50. The average Bonchev–Trinajstić information content (AvgIpc) is 2.29. The van der Waals surface area contributed by atoms with Crippen LogP contribution in [0.1, 0.15) is 41.0 Å². The van der Waals surface area contributed by atoms with E-state index in [1.54, 1.807) is 0 Å². The van der Waals surface area contributed by atoms with Gasteiger partial charge in [-0.05, 0) is 17.8 Å². The Bertz CT molecular complexity index is 246. The van der Waals surface area contributed by atoms with Crippen LogP contribution < -0.4 is 6.15 Å². The van der Waals surface area contributed by atoms with Gasteiger partial charge in [0.05, 0.1) is 0 Å². The number of cyclic esters (lactones) is 2. The number of carbonyl (C=O) groups is 2. The quantitative estimate of drug-likeness (QED) is 0.554. The van der Waals surface area contributed by atoms with Gasteiger partial charge in [-0.15, -0.1) is 0 Å². The first-order valence-corrected chi connectivity index (χ1v) is 5.14. The van der Waals surface area contributed by atoms with Crippen molar-refractivity contribution in [2.24, 2.45) is 11.3 Å². The molecule has 0 atom stereocenters. The minimum atomic E-state index is -0.579. The first-order chi connectivity index (χ1) is 6.70. The molecule has 1 aliphatic heterocycles. The first kappa shape index (κ1) is 17.2. The van der Waals surface area contributed by atoms with E-state index in [0.717, 1.165) is 18.1 Å². The summed E-state index contributed by atoms with van der Waals surface area (Å²) in [7, 11) is 0. The number of hydrogen-bond donors (Lipinski definition) is 1. The summed E-state index contributed by atoms with van der Waals surface area (Å²) in [4.78, 5) is 19.8. The van der Waals surface area contributed by atoms with Gasteiger partial charge in [0.1, 0.15) is 0 Å². The molecule has 0 amide bonds. The van der Waals surface area contributed by atoms with E-state index in [0.29, 0.717) is 5.41 Å². The zero-order valence-corrected chi connectivity index (χ0v) is 10.9. The molecular weight excluding hydrogens is 206 g/mol. The van der Waals surface area contributed by atoms with Gasteiger partial charge in [0.25, 0.3) is 0 Å². The van der Waals surface area contributed by atoms with Crippen molar-refractivity contribution in [2.75, 3.05) is 0 Å². The smallest absolute Gasteiger partial charge is 0.338 e. The third-order valence-electron chi connectivity index (χ3n) is 1.58. The van der Waals surface area contributed by atoms with Crippen molar-refractivity contribution in [1.82, 2.24) is 6.15 Å². The van der Waals surface area contributed by atoms with Gasteiger partial charge in [0.2, 0.25) is 0 Å². The Morgan fingerprint density at radius 2 is 1.50 bits per heavy atom. The van der Waals surface area contributed by atoms with E-state index in [2.05, 4.69) is 39.4 Å². The van der Waals surface area contributed by atoms with E-state index in [1.807, 2.05) is 0 Å². The first-order valence-electron chi connectivity index (χ1n) is 5.14. The fourth-order valence-corrected chi connectivity index (χ4v) is 1.53. The van der Waals surface area contributed by atoms with Gasteiger partial charge in [0, 0.05) is 12.2 Å². The van der Waals surface area contributed by atoms with Gasteiger partial charge < -0.3 is 10.9 Å². The van der Waals surface area contributed by atoms with Crippen molar-refractivity contribution in [2.45, 2.75) is 41.0 Å². The molecule has 94 valence electrons. The third-order valence-corrected chi connectivity index (χ3v) is 1.58. The molecule has 0 saturated heterocycles. The number of hydrogen-bond acceptors (Lipinski definition) is 4. The lowest BCUT2D eigenvalue weighted by Crippen LogP contribution is -2.08. The van der Waals surface area contributed by atoms with E-state index in [4.69, 9.17) is 0 Å². The molecule has 1 aliphatic rings. The topological polar surface area (TPSA) is 78.4 Å². The SMILES string of the molecule is CC(C)CC(C)(C)C.N.O=C1C=CC(=O)O1. The van der Waals surface area contributed by atoms with Crippen molar-refractivity contribution < 1.29 is 14.3 Å². The molecule has 0 spiro atoms. The minimum absolute atomic E-state index is 0. The Hall–Kier alpha value is -1.16. The van der Waals surface area contributed by atoms with Crippen LogP contribution >= 0.6 is 0 Å². The molecule has 4 nitrogen and oxygen atoms in total. The molecule has 0 aromatic carbocycles. The van der Waals surface area contributed by atoms with Crippen LogP contribution in [0.25, 0.3) is 0 Å². The molecular formula is C12H23NO3. The molecule has 3 N–H and O–H groups in total. The molecule has 4 heteroatoms. The summed E-state index contributed by atoms with van der Waals surface area (Å²) in [6, 6.07) is 0. The van der Waals surface area contributed by atoms with Crippen molar-refractivity contribution in [3.8, 4) is 0 Å². The molecule has 0 bridgehead atoms. The zero-order chi connectivity index (χ0) is 12.1. The molecule has 1 rings (SSSR count). The molecule has 16 heavy (non-hydrogen) atoms. The zero-order valence-electron chi connectivity index (χ0n) is 10.9.